The van der Waals surface area contributed by atoms with Crippen LogP contribution >= 0.6 is 0 Å². The molecule has 0 amide bonds. The minimum absolute atomic E-state index is 0.118. The van der Waals surface area contributed by atoms with Crippen LogP contribution in [0.5, 0.6) is 5.75 Å². The van der Waals surface area contributed by atoms with Crippen LogP contribution in [0.15, 0.2) is 24.3 Å². The van der Waals surface area contributed by atoms with Crippen LogP contribution in [0.4, 0.5) is 5.69 Å². The molecule has 3 nitrogen and oxygen atoms in total. The fourth-order valence-electron chi connectivity index (χ4n) is 2.82. The molecule has 1 saturated heterocycles. The molecule has 0 aromatic heterocycles. The molecule has 0 unspecified atom stereocenters. The molecule has 2 fully saturated rings. The number of benzene rings is 1. The average molecular weight is 228 g/mol. The fourth-order valence-corrected chi connectivity index (χ4v) is 2.82. The van der Waals surface area contributed by atoms with Crippen molar-refractivity contribution in [2.24, 2.45) is 5.41 Å². The van der Waals surface area contributed by atoms with Crippen molar-refractivity contribution in [1.29, 1.82) is 5.26 Å². The highest BCUT2D eigenvalue weighted by Gasteiger charge is 2.47. The summed E-state index contributed by atoms with van der Waals surface area (Å²) in [6, 6.07) is 10.0. The second-order valence-electron chi connectivity index (χ2n) is 5.15. The number of rotatable bonds is 3. The van der Waals surface area contributed by atoms with E-state index in [1.165, 1.54) is 38.0 Å². The second kappa shape index (κ2) is 3.96. The molecule has 1 aromatic rings. The zero-order valence-electron chi connectivity index (χ0n) is 9.85. The van der Waals surface area contributed by atoms with Crippen molar-refractivity contribution < 1.29 is 4.74 Å². The van der Waals surface area contributed by atoms with Crippen molar-refractivity contribution in [2.75, 3.05) is 24.6 Å². The normalized spacial score (nSPS) is 20.3. The highest BCUT2D eigenvalue weighted by molar-refractivity contribution is 5.53. The maximum absolute atomic E-state index is 8.49. The van der Waals surface area contributed by atoms with E-state index in [4.69, 9.17) is 10.00 Å². The zero-order chi connectivity index (χ0) is 11.7. The van der Waals surface area contributed by atoms with Gasteiger partial charge in [0.25, 0.3) is 0 Å². The fraction of sp³-hybridized carbons (Fsp3) is 0.500. The van der Waals surface area contributed by atoms with Gasteiger partial charge in [-0.3, -0.25) is 0 Å². The monoisotopic (exact) mass is 228 g/mol. The summed E-state index contributed by atoms with van der Waals surface area (Å²) in [5, 5.41) is 8.49. The number of nitriles is 1. The first-order valence-electron chi connectivity index (χ1n) is 6.16. The Hall–Kier alpha value is -1.69. The number of ether oxygens (including phenoxy) is 1. The highest BCUT2D eigenvalue weighted by atomic mass is 16.5. The molecule has 1 aliphatic carbocycles. The Morgan fingerprint density at radius 2 is 2.18 bits per heavy atom. The van der Waals surface area contributed by atoms with Crippen LogP contribution in [0.25, 0.3) is 0 Å². The smallest absolute Gasteiger partial charge is 0.174 e. The van der Waals surface area contributed by atoms with E-state index in [9.17, 15) is 0 Å². The van der Waals surface area contributed by atoms with E-state index in [1.54, 1.807) is 0 Å². The van der Waals surface area contributed by atoms with E-state index in [1.807, 2.05) is 24.3 Å². The summed E-state index contributed by atoms with van der Waals surface area (Å²) in [4.78, 5) is 2.40. The lowest BCUT2D eigenvalue weighted by Crippen LogP contribution is -2.59. The molecule has 1 aromatic carbocycles. The molecule has 1 heterocycles. The van der Waals surface area contributed by atoms with E-state index < -0.39 is 0 Å². The van der Waals surface area contributed by atoms with Crippen molar-refractivity contribution >= 4 is 5.69 Å². The predicted octanol–water partition coefficient (Wildman–Crippen LogP) is 2.58. The number of nitrogens with zero attached hydrogens (tertiary/aromatic N) is 2. The number of hydrogen-bond acceptors (Lipinski definition) is 3. The van der Waals surface area contributed by atoms with Gasteiger partial charge >= 0.3 is 0 Å². The summed E-state index contributed by atoms with van der Waals surface area (Å²) in [7, 11) is 0. The van der Waals surface area contributed by atoms with E-state index in [-0.39, 0.29) is 6.61 Å². The lowest BCUT2D eigenvalue weighted by atomic mass is 9.63. The van der Waals surface area contributed by atoms with Crippen LogP contribution in [0, 0.1) is 16.7 Å². The molecule has 0 radical (unpaired) electrons. The lowest BCUT2D eigenvalue weighted by molar-refractivity contribution is 0.0904. The average Bonchev–Trinajstić information content (AvgIpc) is 2.23. The van der Waals surface area contributed by atoms with Gasteiger partial charge in [0.1, 0.15) is 11.8 Å². The van der Waals surface area contributed by atoms with Gasteiger partial charge in [-0.1, -0.05) is 12.5 Å². The predicted molar refractivity (Wildman–Crippen MR) is 66.0 cm³/mol. The van der Waals surface area contributed by atoms with Crippen molar-refractivity contribution in [3.63, 3.8) is 0 Å². The molecular formula is C14H16N2O. The summed E-state index contributed by atoms with van der Waals surface area (Å²) in [5.41, 5.74) is 1.86. The van der Waals surface area contributed by atoms with Gasteiger partial charge in [0.15, 0.2) is 6.61 Å². The summed E-state index contributed by atoms with van der Waals surface area (Å²) >= 11 is 0. The summed E-state index contributed by atoms with van der Waals surface area (Å²) in [5.74, 6) is 0.790. The zero-order valence-corrected chi connectivity index (χ0v) is 9.85. The van der Waals surface area contributed by atoms with Crippen molar-refractivity contribution in [3.05, 3.63) is 24.3 Å². The molecule has 1 aliphatic heterocycles. The Bertz CT molecular complexity index is 452. The summed E-state index contributed by atoms with van der Waals surface area (Å²) in [6.07, 6.45) is 4.20. The molecule has 0 N–H and O–H groups in total. The third-order valence-electron chi connectivity index (χ3n) is 3.95. The molecule has 3 rings (SSSR count). The standard InChI is InChI=1S/C14H16N2O/c15-7-8-17-13-4-1-3-12(9-13)16-10-14(11-16)5-2-6-14/h1,3-4,9H,2,5-6,8,10-11H2. The van der Waals surface area contributed by atoms with Gasteiger partial charge in [-0.2, -0.15) is 5.26 Å². The Labute approximate surface area is 102 Å². The van der Waals surface area contributed by atoms with Crippen LogP contribution < -0.4 is 9.64 Å². The maximum Gasteiger partial charge on any atom is 0.174 e. The largest absolute Gasteiger partial charge is 0.479 e. The molecule has 17 heavy (non-hydrogen) atoms. The molecule has 88 valence electrons. The van der Waals surface area contributed by atoms with E-state index in [0.29, 0.717) is 5.41 Å². The summed E-state index contributed by atoms with van der Waals surface area (Å²) < 4.78 is 5.32. The first-order valence-corrected chi connectivity index (χ1v) is 6.16. The van der Waals surface area contributed by atoms with Crippen molar-refractivity contribution in [3.8, 4) is 11.8 Å². The molecule has 3 heteroatoms. The summed E-state index contributed by atoms with van der Waals surface area (Å²) in [6.45, 7) is 2.50. The third kappa shape index (κ3) is 1.84. The second-order valence-corrected chi connectivity index (χ2v) is 5.15. The first-order chi connectivity index (χ1) is 8.31. The minimum atomic E-state index is 0.118. The lowest BCUT2D eigenvalue weighted by Gasteiger charge is -2.57. The van der Waals surface area contributed by atoms with Crippen LogP contribution in [0.1, 0.15) is 19.3 Å². The van der Waals surface area contributed by atoms with Crippen molar-refractivity contribution in [1.82, 2.24) is 0 Å². The van der Waals surface area contributed by atoms with Gasteiger partial charge in [0, 0.05) is 30.3 Å². The van der Waals surface area contributed by atoms with Crippen LogP contribution in [-0.4, -0.2) is 19.7 Å². The Kier molecular flexibility index (Phi) is 2.44. The highest BCUT2D eigenvalue weighted by Crippen LogP contribution is 2.49. The molecule has 1 spiro atoms. The topological polar surface area (TPSA) is 36.3 Å². The molecule has 2 aliphatic rings. The molecular weight excluding hydrogens is 212 g/mol. The van der Waals surface area contributed by atoms with Crippen molar-refractivity contribution in [2.45, 2.75) is 19.3 Å². The SMILES string of the molecule is N#CCOc1cccc(N2CC3(CCC3)C2)c1. The molecule has 0 bridgehead atoms. The molecule has 1 saturated carbocycles. The Balaban J connectivity index is 1.65. The maximum atomic E-state index is 8.49. The van der Waals surface area contributed by atoms with Gasteiger partial charge in [-0.15, -0.1) is 0 Å². The number of hydrogen-bond donors (Lipinski definition) is 0. The van der Waals surface area contributed by atoms with Crippen LogP contribution in [0.2, 0.25) is 0 Å². The quantitative estimate of drug-likeness (QED) is 0.797. The first kappa shape index (κ1) is 10.5. The molecule has 0 atom stereocenters. The Morgan fingerprint density at radius 1 is 1.35 bits per heavy atom. The van der Waals surface area contributed by atoms with Gasteiger partial charge in [0.2, 0.25) is 0 Å². The van der Waals surface area contributed by atoms with Gasteiger partial charge in [-0.05, 0) is 25.0 Å². The van der Waals surface area contributed by atoms with E-state index in [2.05, 4.69) is 11.0 Å². The van der Waals surface area contributed by atoms with Gasteiger partial charge < -0.3 is 9.64 Å². The van der Waals surface area contributed by atoms with E-state index >= 15 is 0 Å². The van der Waals surface area contributed by atoms with Gasteiger partial charge in [0.05, 0.1) is 0 Å². The third-order valence-corrected chi connectivity index (χ3v) is 3.95. The van der Waals surface area contributed by atoms with Gasteiger partial charge in [-0.25, -0.2) is 0 Å². The minimum Gasteiger partial charge on any atom is -0.479 e. The Morgan fingerprint density at radius 3 is 2.82 bits per heavy atom. The van der Waals surface area contributed by atoms with E-state index in [0.717, 1.165) is 5.75 Å². The van der Waals surface area contributed by atoms with Crippen LogP contribution in [0.3, 0.4) is 0 Å². The number of anilines is 1. The van der Waals surface area contributed by atoms with Crippen LogP contribution in [-0.2, 0) is 0 Å².